The highest BCUT2D eigenvalue weighted by molar-refractivity contribution is 5.56. The predicted octanol–water partition coefficient (Wildman–Crippen LogP) is 2.71. The topological polar surface area (TPSA) is 86.7 Å². The summed E-state index contributed by atoms with van der Waals surface area (Å²) in [6.45, 7) is 2.38. The second kappa shape index (κ2) is 6.72. The van der Waals surface area contributed by atoms with Gasteiger partial charge >= 0.3 is 0 Å². The Kier molecular flexibility index (Phi) is 4.10. The highest BCUT2D eigenvalue weighted by Crippen LogP contribution is 2.19. The van der Waals surface area contributed by atoms with Crippen molar-refractivity contribution in [3.63, 3.8) is 0 Å². The van der Waals surface area contributed by atoms with Crippen molar-refractivity contribution in [1.82, 2.24) is 24.9 Å². The van der Waals surface area contributed by atoms with Crippen LogP contribution >= 0.6 is 0 Å². The van der Waals surface area contributed by atoms with Crippen molar-refractivity contribution < 1.29 is 4.52 Å². The molecule has 26 heavy (non-hydrogen) atoms. The Morgan fingerprint density at radius 1 is 1.08 bits per heavy atom. The predicted molar refractivity (Wildman–Crippen MR) is 95.3 cm³/mol. The van der Waals surface area contributed by atoms with Gasteiger partial charge in [0.15, 0.2) is 0 Å². The van der Waals surface area contributed by atoms with Crippen molar-refractivity contribution >= 4 is 0 Å². The van der Waals surface area contributed by atoms with Crippen molar-refractivity contribution in [1.29, 1.82) is 0 Å². The van der Waals surface area contributed by atoms with Crippen molar-refractivity contribution in [3.05, 3.63) is 82.4 Å². The largest absolute Gasteiger partial charge is 0.332 e. The standard InChI is InChI=1S/C19H15N5O2/c1-13-3-2-4-14(11-13)12-24-17(25)6-5-16(22-24)19-21-18(23-26-19)15-7-9-20-10-8-15/h2-11H,12H2,1H3. The molecule has 0 unspecified atom stereocenters. The third kappa shape index (κ3) is 3.27. The lowest BCUT2D eigenvalue weighted by Crippen LogP contribution is -2.22. The molecule has 0 aliphatic heterocycles. The molecule has 0 bridgehead atoms. The molecule has 0 saturated carbocycles. The summed E-state index contributed by atoms with van der Waals surface area (Å²) in [5, 5.41) is 8.34. The van der Waals surface area contributed by atoms with Gasteiger partial charge in [0.05, 0.1) is 6.54 Å². The molecule has 7 heteroatoms. The van der Waals surface area contributed by atoms with E-state index in [1.54, 1.807) is 30.6 Å². The van der Waals surface area contributed by atoms with Crippen LogP contribution in [0.4, 0.5) is 0 Å². The Labute approximate surface area is 149 Å². The number of pyridine rings is 1. The van der Waals surface area contributed by atoms with E-state index in [0.29, 0.717) is 18.1 Å². The highest BCUT2D eigenvalue weighted by Gasteiger charge is 2.13. The zero-order valence-electron chi connectivity index (χ0n) is 14.0. The lowest BCUT2D eigenvalue weighted by atomic mass is 10.1. The zero-order chi connectivity index (χ0) is 17.9. The summed E-state index contributed by atoms with van der Waals surface area (Å²) in [5.41, 5.74) is 3.18. The number of benzene rings is 1. The summed E-state index contributed by atoms with van der Waals surface area (Å²) in [5.74, 6) is 0.704. The number of nitrogens with zero attached hydrogens (tertiary/aromatic N) is 5. The minimum absolute atomic E-state index is 0.191. The second-order valence-electron chi connectivity index (χ2n) is 5.86. The molecule has 0 spiro atoms. The first-order chi connectivity index (χ1) is 12.7. The fraction of sp³-hybridized carbons (Fsp3) is 0.105. The summed E-state index contributed by atoms with van der Waals surface area (Å²) in [7, 11) is 0. The summed E-state index contributed by atoms with van der Waals surface area (Å²) < 4.78 is 6.70. The van der Waals surface area contributed by atoms with E-state index < -0.39 is 0 Å². The first-order valence-corrected chi connectivity index (χ1v) is 8.07. The molecule has 0 aliphatic rings. The third-order valence-electron chi connectivity index (χ3n) is 3.87. The molecule has 3 heterocycles. The molecule has 0 N–H and O–H groups in total. The maximum Gasteiger partial charge on any atom is 0.278 e. The average molecular weight is 345 g/mol. The van der Waals surface area contributed by atoms with E-state index in [2.05, 4.69) is 20.2 Å². The lowest BCUT2D eigenvalue weighted by Gasteiger charge is -2.06. The molecule has 4 aromatic rings. The zero-order valence-corrected chi connectivity index (χ0v) is 14.0. The maximum absolute atomic E-state index is 12.1. The van der Waals surface area contributed by atoms with Crippen molar-refractivity contribution in [2.45, 2.75) is 13.5 Å². The number of hydrogen-bond donors (Lipinski definition) is 0. The van der Waals surface area contributed by atoms with Gasteiger partial charge in [-0.2, -0.15) is 10.1 Å². The molecule has 0 amide bonds. The van der Waals surface area contributed by atoms with Crippen LogP contribution in [0.15, 0.2) is 70.2 Å². The van der Waals surface area contributed by atoms with Gasteiger partial charge in [0.1, 0.15) is 5.69 Å². The number of hydrogen-bond acceptors (Lipinski definition) is 6. The monoisotopic (exact) mass is 345 g/mol. The molecule has 0 fully saturated rings. The fourth-order valence-electron chi connectivity index (χ4n) is 2.61. The Bertz CT molecular complexity index is 1100. The second-order valence-corrected chi connectivity index (χ2v) is 5.86. The van der Waals surface area contributed by atoms with Crippen LogP contribution in [0.5, 0.6) is 0 Å². The summed E-state index contributed by atoms with van der Waals surface area (Å²) >= 11 is 0. The van der Waals surface area contributed by atoms with Gasteiger partial charge in [-0.3, -0.25) is 9.78 Å². The van der Waals surface area contributed by atoms with Crippen LogP contribution in [0.3, 0.4) is 0 Å². The van der Waals surface area contributed by atoms with Crippen molar-refractivity contribution in [2.75, 3.05) is 0 Å². The summed E-state index contributed by atoms with van der Waals surface area (Å²) in [6, 6.07) is 14.6. The van der Waals surface area contributed by atoms with E-state index in [1.807, 2.05) is 31.2 Å². The minimum atomic E-state index is -0.191. The molecule has 0 aliphatic carbocycles. The molecule has 128 valence electrons. The SMILES string of the molecule is Cc1cccc(Cn2nc(-c3nc(-c4ccncc4)no3)ccc2=O)c1. The van der Waals surface area contributed by atoms with Gasteiger partial charge in [0.25, 0.3) is 11.4 Å². The first-order valence-electron chi connectivity index (χ1n) is 8.07. The van der Waals surface area contributed by atoms with Crippen LogP contribution in [0, 0.1) is 6.92 Å². The summed E-state index contributed by atoms with van der Waals surface area (Å²) in [4.78, 5) is 20.5. The molecule has 3 aromatic heterocycles. The van der Waals surface area contributed by atoms with E-state index >= 15 is 0 Å². The van der Waals surface area contributed by atoms with Gasteiger partial charge in [-0.1, -0.05) is 35.0 Å². The Morgan fingerprint density at radius 3 is 2.73 bits per heavy atom. The van der Waals surface area contributed by atoms with Gasteiger partial charge in [-0.05, 0) is 30.7 Å². The van der Waals surface area contributed by atoms with Gasteiger partial charge in [-0.15, -0.1) is 0 Å². The number of rotatable bonds is 4. The van der Waals surface area contributed by atoms with Gasteiger partial charge in [0.2, 0.25) is 5.82 Å². The molecular formula is C19H15N5O2. The van der Waals surface area contributed by atoms with E-state index in [4.69, 9.17) is 4.52 Å². The third-order valence-corrected chi connectivity index (χ3v) is 3.87. The Hall–Kier alpha value is -3.61. The Morgan fingerprint density at radius 2 is 1.92 bits per heavy atom. The van der Waals surface area contributed by atoms with Crippen LogP contribution in [0.2, 0.25) is 0 Å². The van der Waals surface area contributed by atoms with E-state index in [0.717, 1.165) is 16.7 Å². The molecule has 1 aromatic carbocycles. The van der Waals surface area contributed by atoms with E-state index in [-0.39, 0.29) is 11.4 Å². The van der Waals surface area contributed by atoms with Crippen LogP contribution in [-0.2, 0) is 6.54 Å². The number of aryl methyl sites for hydroxylation is 1. The molecule has 4 rings (SSSR count). The van der Waals surface area contributed by atoms with E-state index in [1.165, 1.54) is 10.7 Å². The van der Waals surface area contributed by atoms with Crippen molar-refractivity contribution in [3.8, 4) is 23.0 Å². The van der Waals surface area contributed by atoms with Gasteiger partial charge in [0, 0.05) is 24.0 Å². The van der Waals surface area contributed by atoms with Gasteiger partial charge < -0.3 is 4.52 Å². The first kappa shape index (κ1) is 15.9. The smallest absolute Gasteiger partial charge is 0.278 e. The highest BCUT2D eigenvalue weighted by atomic mass is 16.5. The van der Waals surface area contributed by atoms with Crippen LogP contribution in [0.25, 0.3) is 23.0 Å². The number of aromatic nitrogens is 5. The summed E-state index contributed by atoms with van der Waals surface area (Å²) in [6.07, 6.45) is 3.32. The molecule has 0 atom stereocenters. The Balaban J connectivity index is 1.66. The van der Waals surface area contributed by atoms with Crippen LogP contribution in [0.1, 0.15) is 11.1 Å². The average Bonchev–Trinajstić information content (AvgIpc) is 3.14. The van der Waals surface area contributed by atoms with E-state index in [9.17, 15) is 4.79 Å². The quantitative estimate of drug-likeness (QED) is 0.565. The van der Waals surface area contributed by atoms with Crippen LogP contribution in [-0.4, -0.2) is 24.9 Å². The normalized spacial score (nSPS) is 10.8. The fourth-order valence-corrected chi connectivity index (χ4v) is 2.61. The lowest BCUT2D eigenvalue weighted by molar-refractivity contribution is 0.429. The molecule has 7 nitrogen and oxygen atoms in total. The minimum Gasteiger partial charge on any atom is -0.332 e. The van der Waals surface area contributed by atoms with Gasteiger partial charge in [-0.25, -0.2) is 4.68 Å². The molecular weight excluding hydrogens is 330 g/mol. The maximum atomic E-state index is 12.1. The molecule has 0 radical (unpaired) electrons. The van der Waals surface area contributed by atoms with Crippen molar-refractivity contribution in [2.24, 2.45) is 0 Å². The molecule has 0 saturated heterocycles. The van der Waals surface area contributed by atoms with Crippen LogP contribution < -0.4 is 5.56 Å².